The Morgan fingerprint density at radius 2 is 2.25 bits per heavy atom. The monoisotopic (exact) mass is 169 g/mol. The van der Waals surface area contributed by atoms with Gasteiger partial charge in [-0.15, -0.1) is 0 Å². The lowest BCUT2D eigenvalue weighted by atomic mass is 9.98. The minimum absolute atomic E-state index is 0.308. The van der Waals surface area contributed by atoms with E-state index in [0.29, 0.717) is 12.0 Å². The van der Waals surface area contributed by atoms with Crippen molar-refractivity contribution in [3.63, 3.8) is 0 Å². The van der Waals surface area contributed by atoms with Crippen molar-refractivity contribution in [3.8, 4) is 0 Å². The Bertz CT molecular complexity index is 165. The van der Waals surface area contributed by atoms with E-state index in [0.717, 1.165) is 25.3 Å². The molecule has 1 unspecified atom stereocenters. The van der Waals surface area contributed by atoms with Gasteiger partial charge in [0.1, 0.15) is 6.29 Å². The number of likely N-dealkylation sites (tertiary alicyclic amines) is 1. The first kappa shape index (κ1) is 9.72. The van der Waals surface area contributed by atoms with Crippen LogP contribution in [0.3, 0.4) is 0 Å². The van der Waals surface area contributed by atoms with E-state index in [2.05, 4.69) is 25.7 Å². The van der Waals surface area contributed by atoms with Crippen LogP contribution in [-0.2, 0) is 4.79 Å². The summed E-state index contributed by atoms with van der Waals surface area (Å²) in [6.07, 6.45) is 2.95. The highest BCUT2D eigenvalue weighted by molar-refractivity contribution is 5.49. The maximum Gasteiger partial charge on any atom is 0.121 e. The molecule has 0 saturated carbocycles. The van der Waals surface area contributed by atoms with Gasteiger partial charge in [-0.05, 0) is 26.2 Å². The molecule has 1 rings (SSSR count). The standard InChI is InChI=1S/C10H19NO/c1-9-7-10(2,3)11(8-9)5-4-6-12/h6,9H,4-5,7-8H2,1-3H3. The number of carbonyl (C=O) groups excluding carboxylic acids is 1. The van der Waals surface area contributed by atoms with E-state index in [1.807, 2.05) is 0 Å². The molecule has 0 aromatic carbocycles. The molecule has 70 valence electrons. The van der Waals surface area contributed by atoms with Crippen LogP contribution in [0.4, 0.5) is 0 Å². The van der Waals surface area contributed by atoms with E-state index < -0.39 is 0 Å². The van der Waals surface area contributed by atoms with Crippen LogP contribution in [0.25, 0.3) is 0 Å². The first-order valence-corrected chi connectivity index (χ1v) is 4.75. The third-order valence-corrected chi connectivity index (χ3v) is 2.75. The molecule has 0 radical (unpaired) electrons. The van der Waals surface area contributed by atoms with Crippen molar-refractivity contribution < 1.29 is 4.79 Å². The summed E-state index contributed by atoms with van der Waals surface area (Å²) in [6, 6.07) is 0. The first-order valence-electron chi connectivity index (χ1n) is 4.75. The molecule has 1 saturated heterocycles. The predicted molar refractivity (Wildman–Crippen MR) is 50.1 cm³/mol. The number of hydrogen-bond donors (Lipinski definition) is 0. The van der Waals surface area contributed by atoms with Crippen LogP contribution in [0.15, 0.2) is 0 Å². The van der Waals surface area contributed by atoms with E-state index >= 15 is 0 Å². The minimum Gasteiger partial charge on any atom is -0.303 e. The quantitative estimate of drug-likeness (QED) is 0.599. The van der Waals surface area contributed by atoms with Crippen molar-refractivity contribution in [3.05, 3.63) is 0 Å². The summed E-state index contributed by atoms with van der Waals surface area (Å²) in [4.78, 5) is 12.7. The Labute approximate surface area is 74.9 Å². The fourth-order valence-corrected chi connectivity index (χ4v) is 2.27. The Morgan fingerprint density at radius 3 is 2.67 bits per heavy atom. The van der Waals surface area contributed by atoms with Crippen LogP contribution < -0.4 is 0 Å². The molecular weight excluding hydrogens is 150 g/mol. The predicted octanol–water partition coefficient (Wildman–Crippen LogP) is 1.70. The second kappa shape index (κ2) is 3.56. The number of aldehydes is 1. The van der Waals surface area contributed by atoms with Crippen molar-refractivity contribution in [1.82, 2.24) is 4.90 Å². The van der Waals surface area contributed by atoms with Gasteiger partial charge in [-0.25, -0.2) is 0 Å². The summed E-state index contributed by atoms with van der Waals surface area (Å²) in [5, 5.41) is 0. The molecule has 0 N–H and O–H groups in total. The Morgan fingerprint density at radius 1 is 1.58 bits per heavy atom. The number of carbonyl (C=O) groups is 1. The third kappa shape index (κ3) is 2.07. The number of rotatable bonds is 3. The average Bonchev–Trinajstić information content (AvgIpc) is 2.20. The van der Waals surface area contributed by atoms with Crippen LogP contribution in [0.2, 0.25) is 0 Å². The van der Waals surface area contributed by atoms with Gasteiger partial charge < -0.3 is 4.79 Å². The zero-order chi connectivity index (χ0) is 9.19. The largest absolute Gasteiger partial charge is 0.303 e. The van der Waals surface area contributed by atoms with E-state index in [1.54, 1.807) is 0 Å². The van der Waals surface area contributed by atoms with E-state index in [-0.39, 0.29) is 0 Å². The maximum atomic E-state index is 10.2. The normalized spacial score (nSPS) is 29.1. The molecule has 0 aromatic heterocycles. The Hall–Kier alpha value is -0.370. The minimum atomic E-state index is 0.308. The van der Waals surface area contributed by atoms with Gasteiger partial charge in [0, 0.05) is 25.0 Å². The molecular formula is C10H19NO. The molecule has 1 atom stereocenters. The number of hydrogen-bond acceptors (Lipinski definition) is 2. The highest BCUT2D eigenvalue weighted by atomic mass is 16.1. The summed E-state index contributed by atoms with van der Waals surface area (Å²) in [6.45, 7) is 8.90. The third-order valence-electron chi connectivity index (χ3n) is 2.75. The maximum absolute atomic E-state index is 10.2. The van der Waals surface area contributed by atoms with Gasteiger partial charge in [0.15, 0.2) is 0 Å². The van der Waals surface area contributed by atoms with E-state index in [4.69, 9.17) is 0 Å². The second-order valence-corrected chi connectivity index (χ2v) is 4.52. The van der Waals surface area contributed by atoms with Crippen molar-refractivity contribution in [1.29, 1.82) is 0 Å². The molecule has 0 amide bonds. The molecule has 0 aromatic rings. The smallest absolute Gasteiger partial charge is 0.121 e. The van der Waals surface area contributed by atoms with Crippen molar-refractivity contribution >= 4 is 6.29 Å². The van der Waals surface area contributed by atoms with Gasteiger partial charge in [0.05, 0.1) is 0 Å². The average molecular weight is 169 g/mol. The Kier molecular flexibility index (Phi) is 2.89. The summed E-state index contributed by atoms with van der Waals surface area (Å²) in [5.74, 6) is 0.784. The zero-order valence-electron chi connectivity index (χ0n) is 8.34. The lowest BCUT2D eigenvalue weighted by molar-refractivity contribution is -0.108. The lowest BCUT2D eigenvalue weighted by Gasteiger charge is -2.30. The molecule has 2 nitrogen and oxygen atoms in total. The zero-order valence-corrected chi connectivity index (χ0v) is 8.34. The second-order valence-electron chi connectivity index (χ2n) is 4.52. The van der Waals surface area contributed by atoms with Crippen molar-refractivity contribution in [2.45, 2.75) is 39.2 Å². The summed E-state index contributed by atoms with van der Waals surface area (Å²) < 4.78 is 0. The molecule has 0 aliphatic carbocycles. The van der Waals surface area contributed by atoms with Crippen LogP contribution in [-0.4, -0.2) is 29.8 Å². The summed E-state index contributed by atoms with van der Waals surface area (Å²) in [5.41, 5.74) is 0.308. The van der Waals surface area contributed by atoms with Gasteiger partial charge in [0.2, 0.25) is 0 Å². The molecule has 1 aliphatic heterocycles. The van der Waals surface area contributed by atoms with E-state index in [1.165, 1.54) is 6.42 Å². The van der Waals surface area contributed by atoms with Gasteiger partial charge in [-0.3, -0.25) is 4.90 Å². The summed E-state index contributed by atoms with van der Waals surface area (Å²) >= 11 is 0. The fraction of sp³-hybridized carbons (Fsp3) is 0.900. The van der Waals surface area contributed by atoms with Crippen LogP contribution in [0.5, 0.6) is 0 Å². The van der Waals surface area contributed by atoms with Gasteiger partial charge in [-0.1, -0.05) is 6.92 Å². The molecule has 0 bridgehead atoms. The van der Waals surface area contributed by atoms with Gasteiger partial charge in [-0.2, -0.15) is 0 Å². The van der Waals surface area contributed by atoms with Crippen LogP contribution in [0.1, 0.15) is 33.6 Å². The molecule has 2 heteroatoms. The fourth-order valence-electron chi connectivity index (χ4n) is 2.27. The highest BCUT2D eigenvalue weighted by Gasteiger charge is 2.35. The SMILES string of the molecule is CC1CN(CCC=O)C(C)(C)C1. The van der Waals surface area contributed by atoms with Crippen molar-refractivity contribution in [2.24, 2.45) is 5.92 Å². The number of nitrogens with zero attached hydrogens (tertiary/aromatic N) is 1. The van der Waals surface area contributed by atoms with Crippen LogP contribution in [0, 0.1) is 5.92 Å². The summed E-state index contributed by atoms with van der Waals surface area (Å²) in [7, 11) is 0. The molecule has 12 heavy (non-hydrogen) atoms. The molecule has 1 aliphatic rings. The Balaban J connectivity index is 2.47. The first-order chi connectivity index (χ1) is 5.56. The molecule has 0 spiro atoms. The van der Waals surface area contributed by atoms with Crippen molar-refractivity contribution in [2.75, 3.05) is 13.1 Å². The highest BCUT2D eigenvalue weighted by Crippen LogP contribution is 2.31. The van der Waals surface area contributed by atoms with Gasteiger partial charge in [0.25, 0.3) is 0 Å². The topological polar surface area (TPSA) is 20.3 Å². The van der Waals surface area contributed by atoms with Gasteiger partial charge >= 0.3 is 0 Å². The lowest BCUT2D eigenvalue weighted by Crippen LogP contribution is -2.38. The van der Waals surface area contributed by atoms with Crippen LogP contribution >= 0.6 is 0 Å². The molecule has 1 heterocycles. The molecule has 1 fully saturated rings. The van der Waals surface area contributed by atoms with E-state index in [9.17, 15) is 4.79 Å².